The summed E-state index contributed by atoms with van der Waals surface area (Å²) in [5.74, 6) is -1.09. The number of pyridine rings is 1. The molecule has 0 fully saturated rings. The fourth-order valence-electron chi connectivity index (χ4n) is 3.76. The molecule has 4 aromatic rings. The number of carbonyl (C=O) groups excluding carboxylic acids is 2. The summed E-state index contributed by atoms with van der Waals surface area (Å²) in [6.07, 6.45) is 1.78. The molecule has 2 N–H and O–H groups in total. The Morgan fingerprint density at radius 2 is 1.75 bits per heavy atom. The van der Waals surface area contributed by atoms with Crippen LogP contribution < -0.4 is 5.32 Å². The van der Waals surface area contributed by atoms with Gasteiger partial charge in [-0.2, -0.15) is 5.10 Å². The summed E-state index contributed by atoms with van der Waals surface area (Å²) in [6.45, 7) is 1.76. The number of halogens is 1. The zero-order valence-electron chi connectivity index (χ0n) is 19.5. The van der Waals surface area contributed by atoms with Crippen molar-refractivity contribution in [3.05, 3.63) is 101 Å². The van der Waals surface area contributed by atoms with E-state index in [0.29, 0.717) is 10.7 Å². The zero-order valence-corrected chi connectivity index (χ0v) is 20.3. The molecule has 1 amide bonds. The molecule has 8 nitrogen and oxygen atoms in total. The van der Waals surface area contributed by atoms with Crippen molar-refractivity contribution in [3.63, 3.8) is 0 Å². The molecule has 0 radical (unpaired) electrons. The Bertz CT molecular complexity index is 1330. The molecular formula is C27H25ClN4O4. The van der Waals surface area contributed by atoms with Crippen LogP contribution in [0.5, 0.6) is 0 Å². The van der Waals surface area contributed by atoms with Gasteiger partial charge in [0.05, 0.1) is 29.4 Å². The Kier molecular flexibility index (Phi) is 8.10. The topological polar surface area (TPSA) is 106 Å². The predicted octanol–water partition coefficient (Wildman–Crippen LogP) is 3.85. The second-order valence-electron chi connectivity index (χ2n) is 7.98. The van der Waals surface area contributed by atoms with E-state index in [-0.39, 0.29) is 24.4 Å². The second kappa shape index (κ2) is 11.6. The minimum Gasteiger partial charge on any atom is -0.464 e. The predicted molar refractivity (Wildman–Crippen MR) is 136 cm³/mol. The summed E-state index contributed by atoms with van der Waals surface area (Å²) >= 11 is 6.45. The molecule has 2 atom stereocenters. The number of nitrogens with one attached hydrogen (secondary N) is 1. The molecule has 36 heavy (non-hydrogen) atoms. The van der Waals surface area contributed by atoms with Gasteiger partial charge in [-0.05, 0) is 31.0 Å². The number of hydrogen-bond donors (Lipinski definition) is 2. The molecule has 0 aliphatic rings. The average Bonchev–Trinajstić information content (AvgIpc) is 3.30. The van der Waals surface area contributed by atoms with Crippen molar-refractivity contribution in [1.82, 2.24) is 20.1 Å². The summed E-state index contributed by atoms with van der Waals surface area (Å²) in [6, 6.07) is 20.9. The average molecular weight is 505 g/mol. The normalized spacial score (nSPS) is 12.5. The van der Waals surface area contributed by atoms with Gasteiger partial charge in [0.2, 0.25) is 0 Å². The van der Waals surface area contributed by atoms with Gasteiger partial charge in [0.1, 0.15) is 5.69 Å². The van der Waals surface area contributed by atoms with E-state index in [2.05, 4.69) is 15.4 Å². The Hall–Kier alpha value is -4.01. The van der Waals surface area contributed by atoms with E-state index >= 15 is 0 Å². The molecule has 2 heterocycles. The van der Waals surface area contributed by atoms with Crippen LogP contribution >= 0.6 is 11.6 Å². The molecule has 0 aliphatic heterocycles. The van der Waals surface area contributed by atoms with E-state index in [0.717, 1.165) is 11.1 Å². The van der Waals surface area contributed by atoms with Crippen molar-refractivity contribution in [3.8, 4) is 17.1 Å². The highest BCUT2D eigenvalue weighted by Crippen LogP contribution is 2.27. The Labute approximate surface area is 213 Å². The van der Waals surface area contributed by atoms with Gasteiger partial charge in [0.25, 0.3) is 5.91 Å². The molecule has 0 saturated heterocycles. The smallest absolute Gasteiger partial charge is 0.337 e. The van der Waals surface area contributed by atoms with Crippen molar-refractivity contribution >= 4 is 23.5 Å². The lowest BCUT2D eigenvalue weighted by Crippen LogP contribution is -2.49. The summed E-state index contributed by atoms with van der Waals surface area (Å²) in [7, 11) is 0. The van der Waals surface area contributed by atoms with Crippen LogP contribution in [-0.2, 0) is 16.0 Å². The number of hydrogen-bond acceptors (Lipinski definition) is 6. The van der Waals surface area contributed by atoms with Crippen LogP contribution in [0.3, 0.4) is 0 Å². The van der Waals surface area contributed by atoms with E-state index in [1.54, 1.807) is 31.5 Å². The summed E-state index contributed by atoms with van der Waals surface area (Å²) in [5.41, 5.74) is 2.41. The molecule has 9 heteroatoms. The van der Waals surface area contributed by atoms with Crippen molar-refractivity contribution in [2.75, 3.05) is 6.61 Å². The summed E-state index contributed by atoms with van der Waals surface area (Å²) < 4.78 is 6.42. The molecule has 4 rings (SSSR count). The first kappa shape index (κ1) is 25.1. The highest BCUT2D eigenvalue weighted by Gasteiger charge is 2.30. The van der Waals surface area contributed by atoms with Gasteiger partial charge in [-0.1, -0.05) is 72.3 Å². The first-order valence-corrected chi connectivity index (χ1v) is 11.8. The second-order valence-corrected chi connectivity index (χ2v) is 8.38. The SMILES string of the molecule is CCOC(=O)C(O)C(Cc1ccccc1)NC(=O)c1cccnc1-n1cc(Cl)c(-c2ccccc2)n1. The number of rotatable bonds is 9. The van der Waals surface area contributed by atoms with Crippen molar-refractivity contribution in [1.29, 1.82) is 0 Å². The van der Waals surface area contributed by atoms with Crippen LogP contribution in [0.25, 0.3) is 17.1 Å². The number of aromatic nitrogens is 3. The quantitative estimate of drug-likeness (QED) is 0.335. The number of nitrogens with zero attached hydrogens (tertiary/aromatic N) is 3. The number of esters is 1. The standard InChI is InChI=1S/C27H25ClN4O4/c1-2-36-27(35)24(33)22(16-18-10-5-3-6-11-18)30-26(34)20-14-9-15-29-25(20)32-17-21(28)23(31-32)19-12-7-4-8-13-19/h3-15,17,22,24,33H,2,16H2,1H3,(H,30,34). The van der Waals surface area contributed by atoms with Crippen LogP contribution in [0.4, 0.5) is 0 Å². The van der Waals surface area contributed by atoms with Crippen LogP contribution in [0.2, 0.25) is 5.02 Å². The minimum atomic E-state index is -1.56. The molecule has 184 valence electrons. The van der Waals surface area contributed by atoms with Gasteiger partial charge in [-0.25, -0.2) is 14.5 Å². The lowest BCUT2D eigenvalue weighted by atomic mass is 10.0. The maximum absolute atomic E-state index is 13.4. The highest BCUT2D eigenvalue weighted by molar-refractivity contribution is 6.33. The van der Waals surface area contributed by atoms with Gasteiger partial charge in [0.15, 0.2) is 11.9 Å². The van der Waals surface area contributed by atoms with Crippen LogP contribution in [-0.4, -0.2) is 50.5 Å². The van der Waals surface area contributed by atoms with E-state index in [1.165, 1.54) is 4.68 Å². The number of benzene rings is 2. The Morgan fingerprint density at radius 3 is 2.44 bits per heavy atom. The first-order valence-electron chi connectivity index (χ1n) is 11.4. The molecular weight excluding hydrogens is 480 g/mol. The number of ether oxygens (including phenoxy) is 1. The molecule has 0 bridgehead atoms. The number of aliphatic hydroxyl groups is 1. The van der Waals surface area contributed by atoms with Crippen LogP contribution in [0.1, 0.15) is 22.8 Å². The van der Waals surface area contributed by atoms with Crippen molar-refractivity contribution in [2.45, 2.75) is 25.5 Å². The lowest BCUT2D eigenvalue weighted by molar-refractivity contribution is -0.154. The van der Waals surface area contributed by atoms with E-state index in [4.69, 9.17) is 16.3 Å². The van der Waals surface area contributed by atoms with E-state index in [9.17, 15) is 14.7 Å². The van der Waals surface area contributed by atoms with Crippen molar-refractivity contribution < 1.29 is 19.4 Å². The van der Waals surface area contributed by atoms with Crippen LogP contribution in [0.15, 0.2) is 85.2 Å². The highest BCUT2D eigenvalue weighted by atomic mass is 35.5. The van der Waals surface area contributed by atoms with Gasteiger partial charge < -0.3 is 15.2 Å². The summed E-state index contributed by atoms with van der Waals surface area (Å²) in [5, 5.41) is 18.4. The van der Waals surface area contributed by atoms with Gasteiger partial charge in [-0.15, -0.1) is 0 Å². The molecule has 0 spiro atoms. The Balaban J connectivity index is 1.63. The zero-order chi connectivity index (χ0) is 25.5. The van der Waals surface area contributed by atoms with Gasteiger partial charge >= 0.3 is 5.97 Å². The fourth-order valence-corrected chi connectivity index (χ4v) is 4.00. The minimum absolute atomic E-state index is 0.110. The maximum Gasteiger partial charge on any atom is 0.337 e. The largest absolute Gasteiger partial charge is 0.464 e. The molecule has 2 unspecified atom stereocenters. The first-order chi connectivity index (χ1) is 17.5. The third-order valence-corrected chi connectivity index (χ3v) is 5.77. The monoisotopic (exact) mass is 504 g/mol. The number of amides is 1. The Morgan fingerprint density at radius 1 is 1.06 bits per heavy atom. The third kappa shape index (κ3) is 5.79. The van der Waals surface area contributed by atoms with E-state index < -0.39 is 24.0 Å². The number of carbonyl (C=O) groups is 2. The van der Waals surface area contributed by atoms with E-state index in [1.807, 2.05) is 60.7 Å². The summed E-state index contributed by atoms with van der Waals surface area (Å²) in [4.78, 5) is 30.0. The molecule has 2 aromatic heterocycles. The van der Waals surface area contributed by atoms with Gasteiger partial charge in [-0.3, -0.25) is 4.79 Å². The third-order valence-electron chi connectivity index (χ3n) is 5.49. The molecule has 2 aromatic carbocycles. The van der Waals surface area contributed by atoms with Gasteiger partial charge in [0, 0.05) is 11.8 Å². The maximum atomic E-state index is 13.4. The molecule has 0 saturated carbocycles. The fraction of sp³-hybridized carbons (Fsp3) is 0.185. The lowest BCUT2D eigenvalue weighted by Gasteiger charge is -2.23. The van der Waals surface area contributed by atoms with Crippen molar-refractivity contribution in [2.24, 2.45) is 0 Å². The number of aliphatic hydroxyl groups excluding tert-OH is 1. The van der Waals surface area contributed by atoms with Crippen LogP contribution in [0, 0.1) is 0 Å². The molecule has 0 aliphatic carbocycles.